The Bertz CT molecular complexity index is 137. The molecule has 2 nitrogen and oxygen atoms in total. The first kappa shape index (κ1) is 13.7. The lowest BCUT2D eigenvalue weighted by molar-refractivity contribution is -0.136. The van der Waals surface area contributed by atoms with E-state index in [1.165, 1.54) is 0 Å². The lowest BCUT2D eigenvalue weighted by Gasteiger charge is -2.11. The fraction of sp³-hybridized carbons (Fsp3) is 1.00. The van der Waals surface area contributed by atoms with Crippen LogP contribution < -0.4 is 0 Å². The molecule has 86 valence electrons. The normalized spacial score (nSPS) is 14.4. The highest BCUT2D eigenvalue weighted by Crippen LogP contribution is 2.22. The van der Waals surface area contributed by atoms with Gasteiger partial charge in [0.25, 0.3) is 0 Å². The van der Waals surface area contributed by atoms with Crippen molar-refractivity contribution in [1.82, 2.24) is 0 Å². The second-order valence-corrected chi connectivity index (χ2v) is 3.24. The Labute approximate surface area is 82.1 Å². The third-order valence-corrected chi connectivity index (χ3v) is 1.66. The molecule has 14 heavy (non-hydrogen) atoms. The second-order valence-electron chi connectivity index (χ2n) is 3.24. The highest BCUT2D eigenvalue weighted by atomic mass is 19.4. The number of ether oxygens (including phenoxy) is 1. The topological polar surface area (TPSA) is 29.5 Å². The predicted octanol–water partition coefficient (Wildman–Crippen LogP) is 2.51. The fourth-order valence-corrected chi connectivity index (χ4v) is 0.985. The number of halogens is 3. The Hall–Kier alpha value is -0.290. The SMILES string of the molecule is CCCOCC(O)CCCC(F)(F)F. The van der Waals surface area contributed by atoms with Gasteiger partial charge in [0.15, 0.2) is 0 Å². The zero-order valence-electron chi connectivity index (χ0n) is 8.31. The summed E-state index contributed by atoms with van der Waals surface area (Å²) in [6.07, 6.45) is -4.79. The number of aliphatic hydroxyl groups excluding tert-OH is 1. The summed E-state index contributed by atoms with van der Waals surface area (Å²) >= 11 is 0. The molecule has 0 aliphatic heterocycles. The monoisotopic (exact) mass is 214 g/mol. The zero-order chi connectivity index (χ0) is 11.0. The number of rotatable bonds is 7. The Morgan fingerprint density at radius 3 is 2.50 bits per heavy atom. The Morgan fingerprint density at radius 1 is 1.36 bits per heavy atom. The minimum Gasteiger partial charge on any atom is -0.391 e. The van der Waals surface area contributed by atoms with Gasteiger partial charge in [0.05, 0.1) is 12.7 Å². The molecule has 1 N–H and O–H groups in total. The van der Waals surface area contributed by atoms with Crippen LogP contribution in [0.2, 0.25) is 0 Å². The summed E-state index contributed by atoms with van der Waals surface area (Å²) in [6, 6.07) is 0. The van der Waals surface area contributed by atoms with Crippen molar-refractivity contribution in [2.24, 2.45) is 0 Å². The highest BCUT2D eigenvalue weighted by Gasteiger charge is 2.26. The maximum absolute atomic E-state index is 11.7. The minimum absolute atomic E-state index is 0.0415. The summed E-state index contributed by atoms with van der Waals surface area (Å²) in [5, 5.41) is 9.18. The molecule has 0 aromatic heterocycles. The molecule has 0 rings (SSSR count). The summed E-state index contributed by atoms with van der Waals surface area (Å²) in [5.41, 5.74) is 0. The second kappa shape index (κ2) is 7.06. The molecular weight excluding hydrogens is 197 g/mol. The van der Waals surface area contributed by atoms with Gasteiger partial charge in [-0.25, -0.2) is 0 Å². The van der Waals surface area contributed by atoms with Crippen LogP contribution in [0.3, 0.4) is 0 Å². The Balaban J connectivity index is 3.31. The van der Waals surface area contributed by atoms with Crippen LogP contribution in [-0.2, 0) is 4.74 Å². The molecule has 0 saturated carbocycles. The Morgan fingerprint density at radius 2 is 2.00 bits per heavy atom. The third kappa shape index (κ3) is 9.80. The van der Waals surface area contributed by atoms with E-state index in [1.807, 2.05) is 6.92 Å². The first-order valence-electron chi connectivity index (χ1n) is 4.78. The molecule has 0 aliphatic rings. The number of hydrogen-bond donors (Lipinski definition) is 1. The van der Waals surface area contributed by atoms with Gasteiger partial charge in [-0.3, -0.25) is 0 Å². The summed E-state index contributed by atoms with van der Waals surface area (Å²) in [4.78, 5) is 0. The molecule has 0 heterocycles. The zero-order valence-corrected chi connectivity index (χ0v) is 8.31. The van der Waals surface area contributed by atoms with Crippen molar-refractivity contribution in [1.29, 1.82) is 0 Å². The van der Waals surface area contributed by atoms with Crippen molar-refractivity contribution in [2.45, 2.75) is 44.9 Å². The molecule has 0 aliphatic carbocycles. The van der Waals surface area contributed by atoms with E-state index >= 15 is 0 Å². The molecule has 0 fully saturated rings. The largest absolute Gasteiger partial charge is 0.391 e. The Kier molecular flexibility index (Phi) is 6.92. The summed E-state index contributed by atoms with van der Waals surface area (Å²) < 4.78 is 40.1. The van der Waals surface area contributed by atoms with Crippen molar-refractivity contribution in [3.8, 4) is 0 Å². The van der Waals surface area contributed by atoms with E-state index in [2.05, 4.69) is 0 Å². The molecule has 0 radical (unpaired) electrons. The van der Waals surface area contributed by atoms with E-state index in [4.69, 9.17) is 4.74 Å². The quantitative estimate of drug-likeness (QED) is 0.660. The van der Waals surface area contributed by atoms with Crippen molar-refractivity contribution in [3.63, 3.8) is 0 Å². The van der Waals surface area contributed by atoms with Crippen LogP contribution in [0.1, 0.15) is 32.6 Å². The molecule has 0 aromatic carbocycles. The summed E-state index contributed by atoms with van der Waals surface area (Å²) in [6.45, 7) is 2.60. The van der Waals surface area contributed by atoms with E-state index in [9.17, 15) is 18.3 Å². The van der Waals surface area contributed by atoms with E-state index in [0.29, 0.717) is 6.61 Å². The van der Waals surface area contributed by atoms with Crippen LogP contribution in [-0.4, -0.2) is 30.6 Å². The lowest BCUT2D eigenvalue weighted by atomic mass is 10.1. The number of alkyl halides is 3. The number of hydrogen-bond acceptors (Lipinski definition) is 2. The van der Waals surface area contributed by atoms with Gasteiger partial charge in [-0.1, -0.05) is 6.92 Å². The summed E-state index contributed by atoms with van der Waals surface area (Å²) in [7, 11) is 0. The van der Waals surface area contributed by atoms with Crippen LogP contribution in [0, 0.1) is 0 Å². The molecule has 0 bridgehead atoms. The minimum atomic E-state index is -4.12. The van der Waals surface area contributed by atoms with Gasteiger partial charge in [-0.2, -0.15) is 13.2 Å². The fourth-order valence-electron chi connectivity index (χ4n) is 0.985. The maximum Gasteiger partial charge on any atom is 0.389 e. The average molecular weight is 214 g/mol. The molecule has 0 aromatic rings. The lowest BCUT2D eigenvalue weighted by Crippen LogP contribution is -2.17. The van der Waals surface area contributed by atoms with Crippen LogP contribution in [0.4, 0.5) is 13.2 Å². The first-order valence-corrected chi connectivity index (χ1v) is 4.78. The molecule has 1 unspecified atom stereocenters. The van der Waals surface area contributed by atoms with E-state index in [1.54, 1.807) is 0 Å². The van der Waals surface area contributed by atoms with Crippen molar-refractivity contribution < 1.29 is 23.0 Å². The van der Waals surface area contributed by atoms with Crippen LogP contribution in [0.5, 0.6) is 0 Å². The first-order chi connectivity index (χ1) is 6.45. The average Bonchev–Trinajstić information content (AvgIpc) is 2.02. The van der Waals surface area contributed by atoms with Crippen molar-refractivity contribution in [3.05, 3.63) is 0 Å². The van der Waals surface area contributed by atoms with Crippen LogP contribution >= 0.6 is 0 Å². The maximum atomic E-state index is 11.7. The van der Waals surface area contributed by atoms with Gasteiger partial charge in [0.2, 0.25) is 0 Å². The van der Waals surface area contributed by atoms with Gasteiger partial charge in [0.1, 0.15) is 0 Å². The molecule has 1 atom stereocenters. The standard InChI is InChI=1S/C9H17F3O2/c1-2-6-14-7-8(13)4-3-5-9(10,11)12/h8,13H,2-7H2,1H3. The molecule has 0 amide bonds. The van der Waals surface area contributed by atoms with Crippen molar-refractivity contribution >= 4 is 0 Å². The molecule has 0 spiro atoms. The van der Waals surface area contributed by atoms with Gasteiger partial charge in [-0.15, -0.1) is 0 Å². The van der Waals surface area contributed by atoms with Crippen molar-refractivity contribution in [2.75, 3.05) is 13.2 Å². The predicted molar refractivity (Wildman–Crippen MR) is 47.0 cm³/mol. The highest BCUT2D eigenvalue weighted by molar-refractivity contribution is 4.57. The molecule has 0 saturated heterocycles. The van der Waals surface area contributed by atoms with E-state index < -0.39 is 18.7 Å². The van der Waals surface area contributed by atoms with E-state index in [0.717, 1.165) is 6.42 Å². The third-order valence-electron chi connectivity index (χ3n) is 1.66. The van der Waals surface area contributed by atoms with Gasteiger partial charge < -0.3 is 9.84 Å². The van der Waals surface area contributed by atoms with Gasteiger partial charge >= 0.3 is 6.18 Å². The number of aliphatic hydroxyl groups is 1. The van der Waals surface area contributed by atoms with Crippen LogP contribution in [0.15, 0.2) is 0 Å². The molecular formula is C9H17F3O2. The smallest absolute Gasteiger partial charge is 0.389 e. The summed E-state index contributed by atoms with van der Waals surface area (Å²) in [5.74, 6) is 0. The molecule has 5 heteroatoms. The van der Waals surface area contributed by atoms with E-state index in [-0.39, 0.29) is 19.4 Å². The van der Waals surface area contributed by atoms with Crippen LogP contribution in [0.25, 0.3) is 0 Å². The van der Waals surface area contributed by atoms with Gasteiger partial charge in [-0.05, 0) is 19.3 Å². The van der Waals surface area contributed by atoms with Gasteiger partial charge in [0, 0.05) is 13.0 Å².